The third-order valence-electron chi connectivity index (χ3n) is 3.98. The fourth-order valence-corrected chi connectivity index (χ4v) is 2.67. The SMILES string of the molecule is CCc1ccc(CNC2CCCCCC2O)cc1. The second kappa shape index (κ2) is 6.91. The molecule has 0 saturated heterocycles. The molecular formula is C16H25NO. The van der Waals surface area contributed by atoms with E-state index in [1.54, 1.807) is 0 Å². The summed E-state index contributed by atoms with van der Waals surface area (Å²) in [4.78, 5) is 0. The van der Waals surface area contributed by atoms with Gasteiger partial charge in [0.1, 0.15) is 0 Å². The fourth-order valence-electron chi connectivity index (χ4n) is 2.67. The molecule has 0 bridgehead atoms. The van der Waals surface area contributed by atoms with Crippen LogP contribution in [0.5, 0.6) is 0 Å². The summed E-state index contributed by atoms with van der Waals surface area (Å²) in [5.74, 6) is 0. The second-order valence-corrected chi connectivity index (χ2v) is 5.36. The van der Waals surface area contributed by atoms with Crippen LogP contribution in [0.25, 0.3) is 0 Å². The van der Waals surface area contributed by atoms with E-state index in [1.807, 2.05) is 0 Å². The molecule has 0 aliphatic heterocycles. The Kier molecular flexibility index (Phi) is 5.21. The van der Waals surface area contributed by atoms with Gasteiger partial charge in [0, 0.05) is 12.6 Å². The topological polar surface area (TPSA) is 32.3 Å². The van der Waals surface area contributed by atoms with Crippen molar-refractivity contribution < 1.29 is 5.11 Å². The summed E-state index contributed by atoms with van der Waals surface area (Å²) in [6.45, 7) is 3.04. The van der Waals surface area contributed by atoms with Crippen molar-refractivity contribution in [3.63, 3.8) is 0 Å². The Morgan fingerprint density at radius 2 is 1.72 bits per heavy atom. The van der Waals surface area contributed by atoms with Crippen LogP contribution in [0.4, 0.5) is 0 Å². The van der Waals surface area contributed by atoms with Gasteiger partial charge in [-0.05, 0) is 30.4 Å². The van der Waals surface area contributed by atoms with Crippen LogP contribution in [-0.4, -0.2) is 17.3 Å². The van der Waals surface area contributed by atoms with Gasteiger partial charge in [-0.1, -0.05) is 50.5 Å². The number of aryl methyl sites for hydroxylation is 1. The number of hydrogen-bond acceptors (Lipinski definition) is 2. The van der Waals surface area contributed by atoms with Gasteiger partial charge in [0.2, 0.25) is 0 Å². The molecule has 0 spiro atoms. The smallest absolute Gasteiger partial charge is 0.0693 e. The molecule has 2 unspecified atom stereocenters. The number of rotatable bonds is 4. The molecular weight excluding hydrogens is 222 g/mol. The van der Waals surface area contributed by atoms with Gasteiger partial charge >= 0.3 is 0 Å². The monoisotopic (exact) mass is 247 g/mol. The van der Waals surface area contributed by atoms with Crippen LogP contribution >= 0.6 is 0 Å². The number of hydrogen-bond donors (Lipinski definition) is 2. The molecule has 1 fully saturated rings. The second-order valence-electron chi connectivity index (χ2n) is 5.36. The van der Waals surface area contributed by atoms with Crippen molar-refractivity contribution in [3.8, 4) is 0 Å². The van der Waals surface area contributed by atoms with Crippen molar-refractivity contribution in [2.75, 3.05) is 0 Å². The highest BCUT2D eigenvalue weighted by Gasteiger charge is 2.20. The molecule has 0 aromatic heterocycles. The Labute approximate surface area is 110 Å². The highest BCUT2D eigenvalue weighted by atomic mass is 16.3. The van der Waals surface area contributed by atoms with Gasteiger partial charge in [-0.2, -0.15) is 0 Å². The van der Waals surface area contributed by atoms with Crippen LogP contribution in [0.1, 0.15) is 50.2 Å². The molecule has 0 heterocycles. The van der Waals surface area contributed by atoms with Crippen molar-refractivity contribution in [1.29, 1.82) is 0 Å². The molecule has 2 nitrogen and oxygen atoms in total. The van der Waals surface area contributed by atoms with E-state index < -0.39 is 0 Å². The maximum atomic E-state index is 10.0. The lowest BCUT2D eigenvalue weighted by Gasteiger charge is -2.21. The minimum Gasteiger partial charge on any atom is -0.392 e. The molecule has 1 aliphatic carbocycles. The Bertz CT molecular complexity index is 347. The van der Waals surface area contributed by atoms with Gasteiger partial charge in [-0.3, -0.25) is 0 Å². The normalized spacial score (nSPS) is 24.8. The van der Waals surface area contributed by atoms with Gasteiger partial charge in [0.15, 0.2) is 0 Å². The van der Waals surface area contributed by atoms with Gasteiger partial charge in [-0.15, -0.1) is 0 Å². The van der Waals surface area contributed by atoms with Crippen molar-refractivity contribution in [3.05, 3.63) is 35.4 Å². The third-order valence-corrected chi connectivity index (χ3v) is 3.98. The van der Waals surface area contributed by atoms with Crippen molar-refractivity contribution in [1.82, 2.24) is 5.32 Å². The predicted molar refractivity (Wildman–Crippen MR) is 75.5 cm³/mol. The Hall–Kier alpha value is -0.860. The van der Waals surface area contributed by atoms with Crippen LogP contribution in [0.2, 0.25) is 0 Å². The highest BCUT2D eigenvalue weighted by Crippen LogP contribution is 2.18. The average Bonchev–Trinajstić information content (AvgIpc) is 2.62. The first-order valence-corrected chi connectivity index (χ1v) is 7.29. The minimum absolute atomic E-state index is 0.164. The first-order chi connectivity index (χ1) is 8.79. The average molecular weight is 247 g/mol. The molecule has 1 aromatic rings. The van der Waals surface area contributed by atoms with Crippen LogP contribution in [0, 0.1) is 0 Å². The summed E-state index contributed by atoms with van der Waals surface area (Å²) in [7, 11) is 0. The van der Waals surface area contributed by atoms with Crippen LogP contribution in [0.15, 0.2) is 24.3 Å². The Morgan fingerprint density at radius 3 is 2.44 bits per heavy atom. The number of aliphatic hydroxyl groups is 1. The molecule has 2 heteroatoms. The summed E-state index contributed by atoms with van der Waals surface area (Å²) in [5, 5.41) is 13.6. The van der Waals surface area contributed by atoms with E-state index in [0.29, 0.717) is 0 Å². The van der Waals surface area contributed by atoms with Gasteiger partial charge < -0.3 is 10.4 Å². The highest BCUT2D eigenvalue weighted by molar-refractivity contribution is 5.22. The zero-order valence-electron chi connectivity index (χ0n) is 11.4. The molecule has 18 heavy (non-hydrogen) atoms. The van der Waals surface area contributed by atoms with Gasteiger partial charge in [0.25, 0.3) is 0 Å². The zero-order chi connectivity index (χ0) is 12.8. The van der Waals surface area contributed by atoms with E-state index in [0.717, 1.165) is 25.8 Å². The summed E-state index contributed by atoms with van der Waals surface area (Å²) >= 11 is 0. The number of benzene rings is 1. The number of aliphatic hydroxyl groups excluding tert-OH is 1. The summed E-state index contributed by atoms with van der Waals surface area (Å²) < 4.78 is 0. The van der Waals surface area contributed by atoms with E-state index in [2.05, 4.69) is 36.5 Å². The van der Waals surface area contributed by atoms with Crippen molar-refractivity contribution in [2.24, 2.45) is 0 Å². The van der Waals surface area contributed by atoms with Crippen molar-refractivity contribution >= 4 is 0 Å². The molecule has 1 saturated carbocycles. The van der Waals surface area contributed by atoms with Crippen LogP contribution < -0.4 is 5.32 Å². The first-order valence-electron chi connectivity index (χ1n) is 7.29. The molecule has 0 amide bonds. The van der Waals surface area contributed by atoms with E-state index >= 15 is 0 Å². The predicted octanol–water partition coefficient (Wildman–Crippen LogP) is 3.03. The largest absolute Gasteiger partial charge is 0.392 e. The van der Waals surface area contributed by atoms with E-state index in [4.69, 9.17) is 0 Å². The fraction of sp³-hybridized carbons (Fsp3) is 0.625. The molecule has 2 rings (SSSR count). The van der Waals surface area contributed by atoms with E-state index in [1.165, 1.54) is 30.4 Å². The first kappa shape index (κ1) is 13.6. The summed E-state index contributed by atoms with van der Waals surface area (Å²) in [5.41, 5.74) is 2.69. The molecule has 1 aromatic carbocycles. The van der Waals surface area contributed by atoms with Crippen LogP contribution in [-0.2, 0) is 13.0 Å². The standard InChI is InChI=1S/C16H25NO/c1-2-13-8-10-14(11-9-13)12-17-15-6-4-3-5-7-16(15)18/h8-11,15-18H,2-7,12H2,1H3. The zero-order valence-corrected chi connectivity index (χ0v) is 11.4. The molecule has 0 radical (unpaired) electrons. The summed E-state index contributed by atoms with van der Waals surface area (Å²) in [6.07, 6.45) is 6.66. The molecule has 2 N–H and O–H groups in total. The lowest BCUT2D eigenvalue weighted by Crippen LogP contribution is -2.38. The quantitative estimate of drug-likeness (QED) is 0.802. The Balaban J connectivity index is 1.85. The van der Waals surface area contributed by atoms with E-state index in [9.17, 15) is 5.11 Å². The van der Waals surface area contributed by atoms with E-state index in [-0.39, 0.29) is 12.1 Å². The lowest BCUT2D eigenvalue weighted by molar-refractivity contribution is 0.119. The van der Waals surface area contributed by atoms with Crippen molar-refractivity contribution in [2.45, 2.75) is 64.1 Å². The minimum atomic E-state index is -0.164. The van der Waals surface area contributed by atoms with Gasteiger partial charge in [-0.25, -0.2) is 0 Å². The summed E-state index contributed by atoms with van der Waals surface area (Å²) in [6, 6.07) is 9.05. The Morgan fingerprint density at radius 1 is 1.06 bits per heavy atom. The third kappa shape index (κ3) is 3.82. The molecule has 100 valence electrons. The molecule has 1 aliphatic rings. The maximum absolute atomic E-state index is 10.0. The van der Waals surface area contributed by atoms with Crippen LogP contribution in [0.3, 0.4) is 0 Å². The molecule has 2 atom stereocenters. The maximum Gasteiger partial charge on any atom is 0.0693 e. The lowest BCUT2D eigenvalue weighted by atomic mass is 10.1. The van der Waals surface area contributed by atoms with Gasteiger partial charge in [0.05, 0.1) is 6.10 Å². The number of nitrogens with one attached hydrogen (secondary N) is 1.